The van der Waals surface area contributed by atoms with Crippen LogP contribution in [0.3, 0.4) is 0 Å². The van der Waals surface area contributed by atoms with Gasteiger partial charge in [-0.05, 0) is 0 Å². The third-order valence-electron chi connectivity index (χ3n) is 0.900. The molecule has 0 aliphatic carbocycles. The second-order valence-corrected chi connectivity index (χ2v) is 1.78. The van der Waals surface area contributed by atoms with Crippen molar-refractivity contribution in [3.05, 3.63) is 24.8 Å². The Balaban J connectivity index is 3.75. The molecular formula is C8H10O4. The minimum atomic E-state index is -0.597. The SMILES string of the molecule is C=CCOC(=O)C=CC(=O)OC. The molecule has 0 saturated carbocycles. The third-order valence-corrected chi connectivity index (χ3v) is 0.900. The Morgan fingerprint density at radius 3 is 2.42 bits per heavy atom. The Kier molecular flexibility index (Phi) is 5.34. The predicted molar refractivity (Wildman–Crippen MR) is 42.3 cm³/mol. The lowest BCUT2D eigenvalue weighted by Crippen LogP contribution is -2.02. The molecule has 0 fully saturated rings. The molecule has 0 N–H and O–H groups in total. The van der Waals surface area contributed by atoms with Crippen LogP contribution in [0.15, 0.2) is 24.8 Å². The van der Waals surface area contributed by atoms with Gasteiger partial charge < -0.3 is 9.47 Å². The normalized spacial score (nSPS) is 9.42. The van der Waals surface area contributed by atoms with E-state index in [0.717, 1.165) is 12.2 Å². The largest absolute Gasteiger partial charge is 0.466 e. The molecule has 0 aliphatic rings. The molecule has 0 aromatic carbocycles. The minimum Gasteiger partial charge on any atom is -0.466 e. The zero-order chi connectivity index (χ0) is 9.40. The fourth-order valence-electron chi connectivity index (χ4n) is 0.393. The average Bonchev–Trinajstić information content (AvgIpc) is 2.10. The first-order valence-electron chi connectivity index (χ1n) is 3.24. The molecule has 4 nitrogen and oxygen atoms in total. The fraction of sp³-hybridized carbons (Fsp3) is 0.250. The molecule has 0 amide bonds. The molecule has 0 radical (unpaired) electrons. The topological polar surface area (TPSA) is 52.6 Å². The van der Waals surface area contributed by atoms with E-state index in [0.29, 0.717) is 0 Å². The highest BCUT2D eigenvalue weighted by Crippen LogP contribution is 1.83. The summed E-state index contributed by atoms with van der Waals surface area (Å²) in [6, 6.07) is 0. The summed E-state index contributed by atoms with van der Waals surface area (Å²) in [6.45, 7) is 3.48. The van der Waals surface area contributed by atoms with Crippen molar-refractivity contribution in [1.82, 2.24) is 0 Å². The summed E-state index contributed by atoms with van der Waals surface area (Å²) in [5.41, 5.74) is 0. The van der Waals surface area contributed by atoms with Gasteiger partial charge in [-0.3, -0.25) is 0 Å². The van der Waals surface area contributed by atoms with Crippen LogP contribution < -0.4 is 0 Å². The van der Waals surface area contributed by atoms with E-state index in [1.54, 1.807) is 0 Å². The third kappa shape index (κ3) is 5.22. The molecule has 0 unspecified atom stereocenters. The molecule has 0 rings (SSSR count). The first-order valence-corrected chi connectivity index (χ1v) is 3.24. The Bertz CT molecular complexity index is 205. The van der Waals surface area contributed by atoms with E-state index in [1.165, 1.54) is 13.2 Å². The summed E-state index contributed by atoms with van der Waals surface area (Å²) in [6.07, 6.45) is 3.42. The number of hydrogen-bond acceptors (Lipinski definition) is 4. The molecule has 0 aliphatic heterocycles. The highest BCUT2D eigenvalue weighted by molar-refractivity contribution is 5.91. The number of esters is 2. The Morgan fingerprint density at radius 1 is 1.33 bits per heavy atom. The molecule has 0 atom stereocenters. The Morgan fingerprint density at radius 2 is 1.92 bits per heavy atom. The van der Waals surface area contributed by atoms with Gasteiger partial charge in [-0.2, -0.15) is 0 Å². The lowest BCUT2D eigenvalue weighted by atomic mass is 10.5. The number of ether oxygens (including phenoxy) is 2. The maximum absolute atomic E-state index is 10.7. The van der Waals surface area contributed by atoms with Crippen molar-refractivity contribution >= 4 is 11.9 Å². The molecule has 0 bridgehead atoms. The number of carbonyl (C=O) groups is 2. The molecule has 0 spiro atoms. The smallest absolute Gasteiger partial charge is 0.331 e. The van der Waals surface area contributed by atoms with E-state index in [2.05, 4.69) is 16.1 Å². The van der Waals surface area contributed by atoms with E-state index in [1.807, 2.05) is 0 Å². The highest BCUT2D eigenvalue weighted by atomic mass is 16.5. The molecule has 12 heavy (non-hydrogen) atoms. The van der Waals surface area contributed by atoms with Gasteiger partial charge in [0.1, 0.15) is 6.61 Å². The zero-order valence-electron chi connectivity index (χ0n) is 6.78. The zero-order valence-corrected chi connectivity index (χ0v) is 6.78. The lowest BCUT2D eigenvalue weighted by Gasteiger charge is -1.94. The van der Waals surface area contributed by atoms with Crippen molar-refractivity contribution in [2.24, 2.45) is 0 Å². The van der Waals surface area contributed by atoms with Gasteiger partial charge in [-0.1, -0.05) is 12.7 Å². The predicted octanol–water partition coefficient (Wildman–Crippen LogP) is 0.445. The molecule has 0 saturated heterocycles. The molecule has 4 heteroatoms. The first-order chi connectivity index (χ1) is 5.70. The van der Waals surface area contributed by atoms with E-state index in [4.69, 9.17) is 0 Å². The minimum absolute atomic E-state index is 0.129. The lowest BCUT2D eigenvalue weighted by molar-refractivity contribution is -0.138. The van der Waals surface area contributed by atoms with Crippen molar-refractivity contribution in [2.75, 3.05) is 13.7 Å². The second-order valence-electron chi connectivity index (χ2n) is 1.78. The van der Waals surface area contributed by atoms with Crippen LogP contribution in [0.25, 0.3) is 0 Å². The number of hydrogen-bond donors (Lipinski definition) is 0. The molecule has 66 valence electrons. The van der Waals surface area contributed by atoms with Gasteiger partial charge in [-0.15, -0.1) is 0 Å². The monoisotopic (exact) mass is 170 g/mol. The van der Waals surface area contributed by atoms with Crippen LogP contribution in [0, 0.1) is 0 Å². The quantitative estimate of drug-likeness (QED) is 0.349. The van der Waals surface area contributed by atoms with Crippen molar-refractivity contribution < 1.29 is 19.1 Å². The van der Waals surface area contributed by atoms with Crippen molar-refractivity contribution in [3.63, 3.8) is 0 Å². The van der Waals surface area contributed by atoms with Crippen LogP contribution >= 0.6 is 0 Å². The summed E-state index contributed by atoms with van der Waals surface area (Å²) in [5.74, 6) is -1.19. The van der Waals surface area contributed by atoms with Gasteiger partial charge in [0, 0.05) is 12.2 Å². The highest BCUT2D eigenvalue weighted by Gasteiger charge is 1.96. The maximum atomic E-state index is 10.7. The van der Waals surface area contributed by atoms with Gasteiger partial charge in [0.15, 0.2) is 0 Å². The number of rotatable bonds is 4. The van der Waals surface area contributed by atoms with Crippen LogP contribution in [0.2, 0.25) is 0 Å². The van der Waals surface area contributed by atoms with E-state index >= 15 is 0 Å². The van der Waals surface area contributed by atoms with Crippen molar-refractivity contribution in [1.29, 1.82) is 0 Å². The van der Waals surface area contributed by atoms with Crippen LogP contribution in [-0.4, -0.2) is 25.7 Å². The van der Waals surface area contributed by atoms with E-state index in [9.17, 15) is 9.59 Å². The van der Waals surface area contributed by atoms with Crippen LogP contribution in [-0.2, 0) is 19.1 Å². The molecule has 0 heterocycles. The van der Waals surface area contributed by atoms with Gasteiger partial charge >= 0.3 is 11.9 Å². The standard InChI is InChI=1S/C8H10O4/c1-3-6-12-8(10)5-4-7(9)11-2/h3-5H,1,6H2,2H3. The van der Waals surface area contributed by atoms with Crippen molar-refractivity contribution in [2.45, 2.75) is 0 Å². The molecule has 0 aromatic rings. The maximum Gasteiger partial charge on any atom is 0.331 e. The first kappa shape index (κ1) is 10.4. The summed E-state index contributed by atoms with van der Waals surface area (Å²) < 4.78 is 8.79. The Hall–Kier alpha value is -1.58. The van der Waals surface area contributed by atoms with Gasteiger partial charge in [0.2, 0.25) is 0 Å². The number of carbonyl (C=O) groups excluding carboxylic acids is 2. The average molecular weight is 170 g/mol. The van der Waals surface area contributed by atoms with Crippen LogP contribution in [0.5, 0.6) is 0 Å². The van der Waals surface area contributed by atoms with E-state index in [-0.39, 0.29) is 6.61 Å². The van der Waals surface area contributed by atoms with Crippen LogP contribution in [0.4, 0.5) is 0 Å². The van der Waals surface area contributed by atoms with Gasteiger partial charge in [-0.25, -0.2) is 9.59 Å². The summed E-state index contributed by atoms with van der Waals surface area (Å²) >= 11 is 0. The van der Waals surface area contributed by atoms with E-state index < -0.39 is 11.9 Å². The van der Waals surface area contributed by atoms with Crippen LogP contribution in [0.1, 0.15) is 0 Å². The summed E-state index contributed by atoms with van der Waals surface area (Å²) in [4.78, 5) is 21.1. The van der Waals surface area contributed by atoms with Gasteiger partial charge in [0.05, 0.1) is 7.11 Å². The number of methoxy groups -OCH3 is 1. The molecular weight excluding hydrogens is 160 g/mol. The second kappa shape index (κ2) is 6.15. The fourth-order valence-corrected chi connectivity index (χ4v) is 0.393. The summed E-state index contributed by atoms with van der Waals surface area (Å²) in [5, 5.41) is 0. The van der Waals surface area contributed by atoms with Gasteiger partial charge in [0.25, 0.3) is 0 Å². The molecule has 0 aromatic heterocycles. The summed E-state index contributed by atoms with van der Waals surface area (Å²) in [7, 11) is 1.22. The Labute approximate surface area is 70.5 Å². The van der Waals surface area contributed by atoms with Crippen molar-refractivity contribution in [3.8, 4) is 0 Å².